The van der Waals surface area contributed by atoms with Crippen LogP contribution in [0.4, 0.5) is 0 Å². The Morgan fingerprint density at radius 3 is 2.78 bits per heavy atom. The quantitative estimate of drug-likeness (QED) is 0.914. The maximum Gasteiger partial charge on any atom is 0.134 e. The van der Waals surface area contributed by atoms with Crippen LogP contribution in [-0.4, -0.2) is 12.7 Å². The molecule has 0 fully saturated rings. The van der Waals surface area contributed by atoms with E-state index < -0.39 is 5.60 Å². The second-order valence-electron chi connectivity index (χ2n) is 4.68. The van der Waals surface area contributed by atoms with Crippen LogP contribution in [0.1, 0.15) is 32.1 Å². The Balaban J connectivity index is 2.42. The minimum absolute atomic E-state index is 0.307. The summed E-state index contributed by atoms with van der Waals surface area (Å²) in [5.41, 5.74) is 6.60. The average Bonchev–Trinajstić information content (AvgIpc) is 2.79. The summed E-state index contributed by atoms with van der Waals surface area (Å²) in [6.45, 7) is 4.03. The topological polar surface area (TPSA) is 48.4 Å². The molecule has 98 valence electrons. The number of nitrogens with two attached hydrogens (primary N) is 1. The molecule has 18 heavy (non-hydrogen) atoms. The van der Waals surface area contributed by atoms with Crippen molar-refractivity contribution in [3.8, 4) is 0 Å². The second-order valence-corrected chi connectivity index (χ2v) is 5.12. The number of fused-ring (bicyclic) bond motifs is 1. The van der Waals surface area contributed by atoms with E-state index in [9.17, 15) is 0 Å². The third-order valence-electron chi connectivity index (χ3n) is 3.63. The zero-order chi connectivity index (χ0) is 13.3. The van der Waals surface area contributed by atoms with Crippen molar-refractivity contribution >= 4 is 22.6 Å². The summed E-state index contributed by atoms with van der Waals surface area (Å²) in [4.78, 5) is 0. The molecule has 0 saturated heterocycles. The van der Waals surface area contributed by atoms with Gasteiger partial charge in [-0.2, -0.15) is 0 Å². The van der Waals surface area contributed by atoms with Crippen molar-refractivity contribution < 1.29 is 9.15 Å². The number of hydrogen-bond acceptors (Lipinski definition) is 3. The molecule has 2 N–H and O–H groups in total. The van der Waals surface area contributed by atoms with Gasteiger partial charge in [0.15, 0.2) is 0 Å². The molecule has 3 nitrogen and oxygen atoms in total. The third kappa shape index (κ3) is 2.26. The van der Waals surface area contributed by atoms with Crippen LogP contribution in [0.15, 0.2) is 28.7 Å². The Labute approximate surface area is 112 Å². The Bertz CT molecular complexity index is 546. The van der Waals surface area contributed by atoms with Crippen LogP contribution < -0.4 is 5.73 Å². The second kappa shape index (κ2) is 4.92. The average molecular weight is 268 g/mol. The summed E-state index contributed by atoms with van der Waals surface area (Å²) < 4.78 is 11.3. The number of rotatable bonds is 4. The molecule has 0 bridgehead atoms. The Morgan fingerprint density at radius 1 is 1.44 bits per heavy atom. The first kappa shape index (κ1) is 13.4. The van der Waals surface area contributed by atoms with Crippen LogP contribution in [0.5, 0.6) is 0 Å². The highest BCUT2D eigenvalue weighted by Crippen LogP contribution is 2.33. The molecule has 1 heterocycles. The SMILES string of the molecule is CCC(C)(OC)C(N)c1cc2cc(Cl)ccc2o1. The van der Waals surface area contributed by atoms with E-state index in [2.05, 4.69) is 0 Å². The highest BCUT2D eigenvalue weighted by atomic mass is 35.5. The molecule has 0 radical (unpaired) electrons. The number of benzene rings is 1. The molecular formula is C14H18ClNO2. The van der Waals surface area contributed by atoms with Gasteiger partial charge < -0.3 is 14.9 Å². The standard InChI is InChI=1S/C14H18ClNO2/c1-4-14(2,17-3)13(16)12-8-9-7-10(15)5-6-11(9)18-12/h5-8,13H,4,16H2,1-3H3. The maximum atomic E-state index is 6.24. The smallest absolute Gasteiger partial charge is 0.134 e. The van der Waals surface area contributed by atoms with Gasteiger partial charge in [-0.15, -0.1) is 0 Å². The lowest BCUT2D eigenvalue weighted by Crippen LogP contribution is -2.39. The van der Waals surface area contributed by atoms with Crippen molar-refractivity contribution in [1.82, 2.24) is 0 Å². The fourth-order valence-electron chi connectivity index (χ4n) is 1.98. The van der Waals surface area contributed by atoms with E-state index in [4.69, 9.17) is 26.5 Å². The molecule has 2 rings (SSSR count). The first-order valence-electron chi connectivity index (χ1n) is 6.00. The molecular weight excluding hydrogens is 250 g/mol. The van der Waals surface area contributed by atoms with Crippen molar-refractivity contribution in [1.29, 1.82) is 0 Å². The van der Waals surface area contributed by atoms with Crippen molar-refractivity contribution in [3.05, 3.63) is 35.0 Å². The van der Waals surface area contributed by atoms with Crippen LogP contribution >= 0.6 is 11.6 Å². The molecule has 0 amide bonds. The van der Waals surface area contributed by atoms with E-state index >= 15 is 0 Å². The molecule has 4 heteroatoms. The molecule has 0 aliphatic heterocycles. The fraction of sp³-hybridized carbons (Fsp3) is 0.429. The van der Waals surface area contributed by atoms with Gasteiger partial charge in [0.05, 0.1) is 11.6 Å². The lowest BCUT2D eigenvalue weighted by molar-refractivity contribution is -0.0240. The predicted molar refractivity (Wildman–Crippen MR) is 73.9 cm³/mol. The van der Waals surface area contributed by atoms with Gasteiger partial charge in [-0.05, 0) is 37.6 Å². The number of methoxy groups -OCH3 is 1. The van der Waals surface area contributed by atoms with Crippen molar-refractivity contribution in [3.63, 3.8) is 0 Å². The Hall–Kier alpha value is -1.03. The summed E-state index contributed by atoms with van der Waals surface area (Å²) >= 11 is 5.95. The van der Waals surface area contributed by atoms with E-state index in [1.165, 1.54) is 0 Å². The van der Waals surface area contributed by atoms with Gasteiger partial charge >= 0.3 is 0 Å². The van der Waals surface area contributed by atoms with Gasteiger partial charge in [0, 0.05) is 17.5 Å². The van der Waals surface area contributed by atoms with E-state index in [0.29, 0.717) is 5.02 Å². The Morgan fingerprint density at radius 2 is 2.17 bits per heavy atom. The molecule has 0 saturated carbocycles. The number of hydrogen-bond donors (Lipinski definition) is 1. The molecule has 0 spiro atoms. The molecule has 2 aromatic rings. The summed E-state index contributed by atoms with van der Waals surface area (Å²) in [5, 5.41) is 1.65. The molecule has 2 atom stereocenters. The van der Waals surface area contributed by atoms with E-state index in [1.54, 1.807) is 13.2 Å². The summed E-state index contributed by atoms with van der Waals surface area (Å²) in [6, 6.07) is 7.15. The highest BCUT2D eigenvalue weighted by molar-refractivity contribution is 6.31. The van der Waals surface area contributed by atoms with Crippen molar-refractivity contribution in [2.24, 2.45) is 5.73 Å². The van der Waals surface area contributed by atoms with Crippen molar-refractivity contribution in [2.45, 2.75) is 31.9 Å². The molecule has 0 aliphatic rings. The monoisotopic (exact) mass is 267 g/mol. The molecule has 1 aromatic carbocycles. The zero-order valence-corrected chi connectivity index (χ0v) is 11.6. The molecule has 0 aliphatic carbocycles. The first-order valence-corrected chi connectivity index (χ1v) is 6.37. The van der Waals surface area contributed by atoms with E-state index in [-0.39, 0.29) is 6.04 Å². The molecule has 2 unspecified atom stereocenters. The number of ether oxygens (including phenoxy) is 1. The van der Waals surface area contributed by atoms with Crippen molar-refractivity contribution in [2.75, 3.05) is 7.11 Å². The zero-order valence-electron chi connectivity index (χ0n) is 10.9. The van der Waals surface area contributed by atoms with Crippen LogP contribution in [0, 0.1) is 0 Å². The van der Waals surface area contributed by atoms with Gasteiger partial charge in [-0.1, -0.05) is 18.5 Å². The molecule has 1 aromatic heterocycles. The first-order chi connectivity index (χ1) is 8.50. The van der Waals surface area contributed by atoms with Gasteiger partial charge in [0.25, 0.3) is 0 Å². The third-order valence-corrected chi connectivity index (χ3v) is 3.87. The van der Waals surface area contributed by atoms with Crippen LogP contribution in [0.2, 0.25) is 5.02 Å². The van der Waals surface area contributed by atoms with Crippen LogP contribution in [0.3, 0.4) is 0 Å². The van der Waals surface area contributed by atoms with Gasteiger partial charge in [0.1, 0.15) is 11.3 Å². The lowest BCUT2D eigenvalue weighted by Gasteiger charge is -2.31. The van der Waals surface area contributed by atoms with E-state index in [0.717, 1.165) is 23.2 Å². The van der Waals surface area contributed by atoms with Gasteiger partial charge in [-0.3, -0.25) is 0 Å². The number of furan rings is 1. The lowest BCUT2D eigenvalue weighted by atomic mass is 9.92. The Kier molecular flexibility index (Phi) is 3.66. The summed E-state index contributed by atoms with van der Waals surface area (Å²) in [6.07, 6.45) is 0.808. The predicted octanol–water partition coefficient (Wildman–Crippen LogP) is 3.90. The van der Waals surface area contributed by atoms with E-state index in [1.807, 2.05) is 32.0 Å². The normalized spacial score (nSPS) is 16.7. The summed E-state index contributed by atoms with van der Waals surface area (Å²) in [7, 11) is 1.67. The summed E-state index contributed by atoms with van der Waals surface area (Å²) in [5.74, 6) is 0.721. The maximum absolute atomic E-state index is 6.24. The largest absolute Gasteiger partial charge is 0.459 e. The van der Waals surface area contributed by atoms with Crippen LogP contribution in [-0.2, 0) is 4.74 Å². The minimum Gasteiger partial charge on any atom is -0.459 e. The van der Waals surface area contributed by atoms with Crippen LogP contribution in [0.25, 0.3) is 11.0 Å². The van der Waals surface area contributed by atoms with Gasteiger partial charge in [0.2, 0.25) is 0 Å². The minimum atomic E-state index is -0.433. The fourth-order valence-corrected chi connectivity index (χ4v) is 2.16. The highest BCUT2D eigenvalue weighted by Gasteiger charge is 2.33. The number of halogens is 1. The van der Waals surface area contributed by atoms with Gasteiger partial charge in [-0.25, -0.2) is 0 Å².